The molecule has 0 spiro atoms. The summed E-state index contributed by atoms with van der Waals surface area (Å²) in [6, 6.07) is 5.14. The molecule has 0 aliphatic carbocycles. The number of nitrogens with one attached hydrogen (secondary N) is 1. The lowest BCUT2D eigenvalue weighted by Crippen LogP contribution is -2.38. The van der Waals surface area contributed by atoms with E-state index >= 15 is 0 Å². The van der Waals surface area contributed by atoms with Crippen LogP contribution in [0.15, 0.2) is 24.3 Å². The number of ether oxygens (including phenoxy) is 1. The molecule has 1 aromatic rings. The summed E-state index contributed by atoms with van der Waals surface area (Å²) in [5, 5.41) is 22.1. The zero-order valence-electron chi connectivity index (χ0n) is 12.7. The molecule has 0 radical (unpaired) electrons. The van der Waals surface area contributed by atoms with E-state index in [0.29, 0.717) is 0 Å². The van der Waals surface area contributed by atoms with Crippen molar-refractivity contribution >= 4 is 6.09 Å². The Morgan fingerprint density at radius 1 is 1.27 bits per heavy atom. The number of halogens is 2. The molecule has 0 aliphatic rings. The molecule has 0 saturated carbocycles. The standard InChI is InChI=1S/C15H21F2NO4/c1-15(2,3)22-14(21)18-8-11(19)12(20)9-5-4-6-10(7-9)13(16)17/h4-7,11-13,19-20H,8H2,1-3H3,(H,18,21). The van der Waals surface area contributed by atoms with Crippen molar-refractivity contribution in [2.24, 2.45) is 0 Å². The first-order chi connectivity index (χ1) is 10.1. The van der Waals surface area contributed by atoms with Crippen LogP contribution in [0.2, 0.25) is 0 Å². The highest BCUT2D eigenvalue weighted by Gasteiger charge is 2.22. The van der Waals surface area contributed by atoms with Crippen molar-refractivity contribution in [3.63, 3.8) is 0 Å². The lowest BCUT2D eigenvalue weighted by Gasteiger charge is -2.22. The molecule has 0 saturated heterocycles. The predicted molar refractivity (Wildman–Crippen MR) is 76.6 cm³/mol. The number of hydrogen-bond acceptors (Lipinski definition) is 4. The van der Waals surface area contributed by atoms with Crippen LogP contribution in [0, 0.1) is 0 Å². The zero-order chi connectivity index (χ0) is 16.9. The second-order valence-electron chi connectivity index (χ2n) is 5.87. The maximum atomic E-state index is 12.6. The van der Waals surface area contributed by atoms with Gasteiger partial charge in [-0.05, 0) is 32.4 Å². The maximum absolute atomic E-state index is 12.6. The summed E-state index contributed by atoms with van der Waals surface area (Å²) in [5.41, 5.74) is -0.778. The van der Waals surface area contributed by atoms with E-state index in [1.165, 1.54) is 18.2 Å². The Morgan fingerprint density at radius 3 is 2.41 bits per heavy atom. The summed E-state index contributed by atoms with van der Waals surface area (Å²) in [6.07, 6.45) is -6.14. The van der Waals surface area contributed by atoms with Crippen molar-refractivity contribution in [2.45, 2.75) is 45.0 Å². The van der Waals surface area contributed by atoms with Crippen molar-refractivity contribution in [3.8, 4) is 0 Å². The first-order valence-electron chi connectivity index (χ1n) is 6.81. The minimum Gasteiger partial charge on any atom is -0.444 e. The van der Waals surface area contributed by atoms with E-state index in [0.717, 1.165) is 6.07 Å². The number of aliphatic hydroxyl groups excluding tert-OH is 2. The van der Waals surface area contributed by atoms with E-state index in [9.17, 15) is 23.8 Å². The number of rotatable bonds is 5. The Kier molecular flexibility index (Phi) is 6.25. The van der Waals surface area contributed by atoms with Gasteiger partial charge in [-0.15, -0.1) is 0 Å². The van der Waals surface area contributed by atoms with Crippen LogP contribution in [-0.4, -0.2) is 34.6 Å². The third-order valence-electron chi connectivity index (χ3n) is 2.72. The normalized spacial score (nSPS) is 14.5. The highest BCUT2D eigenvalue weighted by Crippen LogP contribution is 2.24. The predicted octanol–water partition coefficient (Wildman–Crippen LogP) is 2.54. The van der Waals surface area contributed by atoms with Gasteiger partial charge in [0.2, 0.25) is 0 Å². The quantitative estimate of drug-likeness (QED) is 0.780. The molecule has 2 unspecified atom stereocenters. The Bertz CT molecular complexity index is 503. The summed E-state index contributed by atoms with van der Waals surface area (Å²) in [6.45, 7) is 4.80. The fraction of sp³-hybridized carbons (Fsp3) is 0.533. The van der Waals surface area contributed by atoms with Crippen molar-refractivity contribution < 1.29 is 28.5 Å². The van der Waals surface area contributed by atoms with Crippen LogP contribution in [-0.2, 0) is 4.74 Å². The first kappa shape index (κ1) is 18.3. The van der Waals surface area contributed by atoms with Gasteiger partial charge in [0.05, 0.1) is 0 Å². The molecule has 1 rings (SSSR count). The van der Waals surface area contributed by atoms with E-state index in [1.807, 2.05) is 0 Å². The van der Waals surface area contributed by atoms with Crippen molar-refractivity contribution in [1.29, 1.82) is 0 Å². The average molecular weight is 317 g/mol. The first-order valence-corrected chi connectivity index (χ1v) is 6.81. The molecule has 0 bridgehead atoms. The molecular formula is C15H21F2NO4. The van der Waals surface area contributed by atoms with Gasteiger partial charge in [-0.2, -0.15) is 0 Å². The summed E-state index contributed by atoms with van der Waals surface area (Å²) in [4.78, 5) is 11.4. The topological polar surface area (TPSA) is 78.8 Å². The SMILES string of the molecule is CC(C)(C)OC(=O)NCC(O)C(O)c1cccc(C(F)F)c1. The number of amides is 1. The molecule has 0 fully saturated rings. The Balaban J connectivity index is 2.60. The third kappa shape index (κ3) is 5.95. The molecule has 22 heavy (non-hydrogen) atoms. The minimum atomic E-state index is -2.66. The number of carbonyl (C=O) groups is 1. The van der Waals surface area contributed by atoms with Crippen molar-refractivity contribution in [3.05, 3.63) is 35.4 Å². The van der Waals surface area contributed by atoms with Gasteiger partial charge in [-0.3, -0.25) is 0 Å². The lowest BCUT2D eigenvalue weighted by atomic mass is 10.0. The van der Waals surface area contributed by atoms with Crippen LogP contribution in [0.4, 0.5) is 13.6 Å². The van der Waals surface area contributed by atoms with Crippen LogP contribution >= 0.6 is 0 Å². The minimum absolute atomic E-state index is 0.149. The molecule has 124 valence electrons. The molecule has 5 nitrogen and oxygen atoms in total. The number of alkyl halides is 2. The Labute approximate surface area is 127 Å². The number of benzene rings is 1. The van der Waals surface area contributed by atoms with Crippen LogP contribution in [0.25, 0.3) is 0 Å². The highest BCUT2D eigenvalue weighted by molar-refractivity contribution is 5.67. The van der Waals surface area contributed by atoms with Gasteiger partial charge in [0.15, 0.2) is 0 Å². The summed E-state index contributed by atoms with van der Waals surface area (Å²) >= 11 is 0. The molecule has 2 atom stereocenters. The monoisotopic (exact) mass is 317 g/mol. The van der Waals surface area contributed by atoms with Gasteiger partial charge < -0.3 is 20.3 Å². The van der Waals surface area contributed by atoms with Gasteiger partial charge >= 0.3 is 6.09 Å². The van der Waals surface area contributed by atoms with Crippen LogP contribution in [0.1, 0.15) is 44.4 Å². The molecule has 1 amide bonds. The number of alkyl carbamates (subject to hydrolysis) is 1. The second kappa shape index (κ2) is 7.51. The van der Waals surface area contributed by atoms with Gasteiger partial charge in [0.25, 0.3) is 6.43 Å². The van der Waals surface area contributed by atoms with Crippen molar-refractivity contribution in [2.75, 3.05) is 6.54 Å². The van der Waals surface area contributed by atoms with E-state index in [-0.39, 0.29) is 17.7 Å². The molecule has 0 aliphatic heterocycles. The van der Waals surface area contributed by atoms with Gasteiger partial charge in [-0.25, -0.2) is 13.6 Å². The zero-order valence-corrected chi connectivity index (χ0v) is 12.7. The van der Waals surface area contributed by atoms with E-state index in [2.05, 4.69) is 5.32 Å². The van der Waals surface area contributed by atoms with Crippen LogP contribution in [0.5, 0.6) is 0 Å². The maximum Gasteiger partial charge on any atom is 0.407 e. The summed E-state index contributed by atoms with van der Waals surface area (Å²) < 4.78 is 30.2. The fourth-order valence-corrected chi connectivity index (χ4v) is 1.71. The van der Waals surface area contributed by atoms with Crippen LogP contribution in [0.3, 0.4) is 0 Å². The second-order valence-corrected chi connectivity index (χ2v) is 5.87. The molecule has 7 heteroatoms. The smallest absolute Gasteiger partial charge is 0.407 e. The molecule has 0 heterocycles. The lowest BCUT2D eigenvalue weighted by molar-refractivity contribution is 0.0128. The van der Waals surface area contributed by atoms with Gasteiger partial charge in [0.1, 0.15) is 17.8 Å². The van der Waals surface area contributed by atoms with Crippen LogP contribution < -0.4 is 5.32 Å². The largest absolute Gasteiger partial charge is 0.444 e. The number of hydrogen-bond donors (Lipinski definition) is 3. The van der Waals surface area contributed by atoms with Gasteiger partial charge in [0, 0.05) is 12.1 Å². The average Bonchev–Trinajstić information content (AvgIpc) is 2.42. The Morgan fingerprint density at radius 2 is 1.86 bits per heavy atom. The third-order valence-corrected chi connectivity index (χ3v) is 2.72. The van der Waals surface area contributed by atoms with E-state index < -0.39 is 30.3 Å². The number of carbonyl (C=O) groups excluding carboxylic acids is 1. The molecule has 0 aromatic heterocycles. The molecule has 1 aromatic carbocycles. The van der Waals surface area contributed by atoms with E-state index in [4.69, 9.17) is 4.74 Å². The fourth-order valence-electron chi connectivity index (χ4n) is 1.71. The van der Waals surface area contributed by atoms with E-state index in [1.54, 1.807) is 20.8 Å². The van der Waals surface area contributed by atoms with Gasteiger partial charge in [-0.1, -0.05) is 18.2 Å². The highest BCUT2D eigenvalue weighted by atomic mass is 19.3. The molecule has 3 N–H and O–H groups in total. The Hall–Kier alpha value is -1.73. The summed E-state index contributed by atoms with van der Waals surface area (Å²) in [7, 11) is 0. The summed E-state index contributed by atoms with van der Waals surface area (Å²) in [5.74, 6) is 0. The van der Waals surface area contributed by atoms with Crippen molar-refractivity contribution in [1.82, 2.24) is 5.32 Å². The molecular weight excluding hydrogens is 296 g/mol. The number of aliphatic hydroxyl groups is 2.